The number of benzene rings is 1. The Balaban J connectivity index is 1.74. The van der Waals surface area contributed by atoms with Crippen LogP contribution >= 0.6 is 0 Å². The third-order valence-corrected chi connectivity index (χ3v) is 3.87. The molecule has 21 heavy (non-hydrogen) atoms. The van der Waals surface area contributed by atoms with Crippen LogP contribution in [0.1, 0.15) is 29.2 Å². The zero-order valence-corrected chi connectivity index (χ0v) is 11.5. The molecule has 1 aliphatic rings. The average molecular weight is 280 g/mol. The first-order chi connectivity index (χ1) is 10.4. The molecule has 0 spiro atoms. The molecule has 0 amide bonds. The van der Waals surface area contributed by atoms with Crippen molar-refractivity contribution in [2.45, 2.75) is 12.0 Å². The quantitative estimate of drug-likeness (QED) is 0.796. The molecule has 1 fully saturated rings. The van der Waals surface area contributed by atoms with Gasteiger partial charge in [-0.25, -0.2) is 0 Å². The van der Waals surface area contributed by atoms with Gasteiger partial charge in [-0.1, -0.05) is 35.5 Å². The van der Waals surface area contributed by atoms with Crippen molar-refractivity contribution in [1.82, 2.24) is 20.0 Å². The molecular weight excluding hydrogens is 264 g/mol. The van der Waals surface area contributed by atoms with Crippen LogP contribution in [-0.4, -0.2) is 27.8 Å². The fraction of sp³-hybridized carbons (Fsp3) is 0.250. The first kappa shape index (κ1) is 12.3. The summed E-state index contributed by atoms with van der Waals surface area (Å²) in [6.45, 7) is 1.84. The van der Waals surface area contributed by atoms with Gasteiger partial charge < -0.3 is 14.4 Å². The van der Waals surface area contributed by atoms with Crippen LogP contribution in [0.3, 0.4) is 0 Å². The lowest BCUT2D eigenvalue weighted by Crippen LogP contribution is -2.40. The van der Waals surface area contributed by atoms with Crippen molar-refractivity contribution in [2.24, 2.45) is 0 Å². The number of aromatic nitrogens is 3. The van der Waals surface area contributed by atoms with Gasteiger partial charge in [-0.15, -0.1) is 0 Å². The Morgan fingerprint density at radius 1 is 1.10 bits per heavy atom. The summed E-state index contributed by atoms with van der Waals surface area (Å²) >= 11 is 0. The minimum atomic E-state index is -0.0493. The molecule has 0 unspecified atom stereocenters. The van der Waals surface area contributed by atoms with E-state index in [1.165, 1.54) is 0 Å². The summed E-state index contributed by atoms with van der Waals surface area (Å²) in [4.78, 5) is 4.63. The lowest BCUT2D eigenvalue weighted by atomic mass is 10.0. The van der Waals surface area contributed by atoms with Crippen LogP contribution in [-0.2, 0) is 0 Å². The monoisotopic (exact) mass is 280 g/mol. The van der Waals surface area contributed by atoms with Gasteiger partial charge in [0.15, 0.2) is 5.82 Å². The lowest BCUT2D eigenvalue weighted by molar-refractivity contribution is 0.305. The number of hydrogen-bond donors (Lipinski definition) is 1. The van der Waals surface area contributed by atoms with Crippen molar-refractivity contribution in [2.75, 3.05) is 13.1 Å². The van der Waals surface area contributed by atoms with Crippen LogP contribution in [0.4, 0.5) is 0 Å². The summed E-state index contributed by atoms with van der Waals surface area (Å²) in [6.07, 6.45) is 4.05. The number of rotatable bonds is 4. The second-order valence-corrected chi connectivity index (χ2v) is 5.29. The summed E-state index contributed by atoms with van der Waals surface area (Å²) in [5, 5.41) is 7.44. The fourth-order valence-electron chi connectivity index (χ4n) is 2.60. The Morgan fingerprint density at radius 2 is 1.86 bits per heavy atom. The molecule has 0 bridgehead atoms. The van der Waals surface area contributed by atoms with Crippen molar-refractivity contribution in [1.29, 1.82) is 0 Å². The van der Waals surface area contributed by atoms with Gasteiger partial charge >= 0.3 is 0 Å². The van der Waals surface area contributed by atoms with Crippen LogP contribution in [0.2, 0.25) is 0 Å². The summed E-state index contributed by atoms with van der Waals surface area (Å²) in [6, 6.07) is 14.2. The molecule has 1 saturated heterocycles. The Kier molecular flexibility index (Phi) is 3.05. The van der Waals surface area contributed by atoms with Gasteiger partial charge in [0, 0.05) is 25.5 Å². The highest BCUT2D eigenvalue weighted by atomic mass is 16.5. The van der Waals surface area contributed by atoms with E-state index in [4.69, 9.17) is 4.52 Å². The molecule has 1 aromatic carbocycles. The molecule has 106 valence electrons. The van der Waals surface area contributed by atoms with Gasteiger partial charge in [0.2, 0.25) is 5.89 Å². The van der Waals surface area contributed by atoms with Gasteiger partial charge in [-0.2, -0.15) is 4.98 Å². The molecule has 0 saturated carbocycles. The van der Waals surface area contributed by atoms with Crippen molar-refractivity contribution >= 4 is 0 Å². The maximum atomic E-state index is 5.45. The molecule has 0 aliphatic carbocycles. The van der Waals surface area contributed by atoms with Gasteiger partial charge in [0.1, 0.15) is 6.04 Å². The molecule has 0 radical (unpaired) electrons. The Labute approximate surface area is 122 Å². The van der Waals surface area contributed by atoms with Crippen LogP contribution in [0.5, 0.6) is 0 Å². The van der Waals surface area contributed by atoms with Crippen molar-refractivity contribution < 1.29 is 4.52 Å². The number of hydrogen-bond acceptors (Lipinski definition) is 4. The average Bonchev–Trinajstić information content (AvgIpc) is 3.11. The summed E-state index contributed by atoms with van der Waals surface area (Å²) in [5.41, 5.74) is 1.15. The Bertz CT molecular complexity index is 701. The standard InChI is InChI=1S/C16H16N4O/c1-2-6-12(7-3-1)14(20-8-4-5-9-20)15-18-16(21-19-15)13-10-17-11-13/h1-9,13-14,17H,10-11H2/t14-/m1/s1. The second kappa shape index (κ2) is 5.18. The van der Waals surface area contributed by atoms with Crippen molar-refractivity contribution in [3.05, 3.63) is 72.1 Å². The molecule has 3 heterocycles. The van der Waals surface area contributed by atoms with E-state index in [-0.39, 0.29) is 6.04 Å². The molecular formula is C16H16N4O. The highest BCUT2D eigenvalue weighted by Gasteiger charge is 2.28. The van der Waals surface area contributed by atoms with Gasteiger partial charge in [0.05, 0.1) is 5.92 Å². The van der Waals surface area contributed by atoms with E-state index < -0.39 is 0 Å². The third-order valence-electron chi connectivity index (χ3n) is 3.87. The van der Waals surface area contributed by atoms with Gasteiger partial charge in [-0.05, 0) is 17.7 Å². The van der Waals surface area contributed by atoms with E-state index in [0.717, 1.165) is 24.5 Å². The maximum absolute atomic E-state index is 5.45. The molecule has 1 atom stereocenters. The largest absolute Gasteiger partial charge is 0.339 e. The minimum absolute atomic E-state index is 0.0493. The van der Waals surface area contributed by atoms with Crippen molar-refractivity contribution in [3.63, 3.8) is 0 Å². The Hall–Kier alpha value is -2.40. The van der Waals surface area contributed by atoms with Crippen LogP contribution in [0.15, 0.2) is 59.4 Å². The lowest BCUT2D eigenvalue weighted by Gasteiger charge is -2.22. The van der Waals surface area contributed by atoms with E-state index in [9.17, 15) is 0 Å². The highest BCUT2D eigenvalue weighted by molar-refractivity contribution is 5.26. The summed E-state index contributed by atoms with van der Waals surface area (Å²) < 4.78 is 7.55. The second-order valence-electron chi connectivity index (χ2n) is 5.29. The molecule has 5 nitrogen and oxygen atoms in total. The topological polar surface area (TPSA) is 55.9 Å². The Morgan fingerprint density at radius 3 is 2.52 bits per heavy atom. The van der Waals surface area contributed by atoms with Gasteiger partial charge in [0.25, 0.3) is 0 Å². The predicted octanol–water partition coefficient (Wildman–Crippen LogP) is 2.20. The van der Waals surface area contributed by atoms with Crippen LogP contribution < -0.4 is 5.32 Å². The fourth-order valence-corrected chi connectivity index (χ4v) is 2.60. The molecule has 1 N–H and O–H groups in total. The van der Waals surface area contributed by atoms with E-state index in [2.05, 4.69) is 32.2 Å². The predicted molar refractivity (Wildman–Crippen MR) is 78.0 cm³/mol. The normalized spacial score (nSPS) is 16.6. The number of nitrogens with zero attached hydrogens (tertiary/aromatic N) is 3. The van der Waals surface area contributed by atoms with Crippen LogP contribution in [0.25, 0.3) is 0 Å². The van der Waals surface area contributed by atoms with E-state index in [0.29, 0.717) is 11.7 Å². The summed E-state index contributed by atoms with van der Waals surface area (Å²) in [5.74, 6) is 1.79. The molecule has 2 aromatic heterocycles. The van der Waals surface area contributed by atoms with E-state index >= 15 is 0 Å². The molecule has 4 rings (SSSR count). The van der Waals surface area contributed by atoms with Crippen molar-refractivity contribution in [3.8, 4) is 0 Å². The maximum Gasteiger partial charge on any atom is 0.232 e. The third kappa shape index (κ3) is 2.25. The molecule has 5 heteroatoms. The smallest absolute Gasteiger partial charge is 0.232 e. The van der Waals surface area contributed by atoms with Crippen LogP contribution in [0, 0.1) is 0 Å². The molecule has 1 aliphatic heterocycles. The zero-order chi connectivity index (χ0) is 14.1. The van der Waals surface area contributed by atoms with E-state index in [1.54, 1.807) is 0 Å². The molecule has 3 aromatic rings. The van der Waals surface area contributed by atoms with Gasteiger partial charge in [-0.3, -0.25) is 0 Å². The minimum Gasteiger partial charge on any atom is -0.339 e. The highest BCUT2D eigenvalue weighted by Crippen LogP contribution is 2.26. The first-order valence-corrected chi connectivity index (χ1v) is 7.13. The zero-order valence-electron chi connectivity index (χ0n) is 11.5. The van der Waals surface area contributed by atoms with E-state index in [1.807, 2.05) is 42.7 Å². The number of nitrogens with one attached hydrogen (secondary N) is 1. The summed E-state index contributed by atoms with van der Waals surface area (Å²) in [7, 11) is 0. The first-order valence-electron chi connectivity index (χ1n) is 7.13. The SMILES string of the molecule is c1ccc([C@H](c2noc(C3CNC3)n2)n2cccc2)cc1.